The zero-order valence-corrected chi connectivity index (χ0v) is 19.8. The monoisotopic (exact) mass is 483 g/mol. The molecule has 35 heavy (non-hydrogen) atoms. The lowest BCUT2D eigenvalue weighted by molar-refractivity contribution is -0.121. The van der Waals surface area contributed by atoms with Gasteiger partial charge >= 0.3 is 0 Å². The third kappa shape index (κ3) is 5.80. The van der Waals surface area contributed by atoms with E-state index in [1.165, 1.54) is 24.3 Å². The number of ether oxygens (including phenoxy) is 2. The van der Waals surface area contributed by atoms with E-state index in [0.29, 0.717) is 44.2 Å². The van der Waals surface area contributed by atoms with Gasteiger partial charge in [0.1, 0.15) is 23.9 Å². The van der Waals surface area contributed by atoms with Crippen LogP contribution in [0.3, 0.4) is 0 Å². The second kappa shape index (κ2) is 11.3. The summed E-state index contributed by atoms with van der Waals surface area (Å²) in [5.74, 6) is -0.545. The molecule has 2 aromatic carbocycles. The van der Waals surface area contributed by atoms with Gasteiger partial charge in [0.2, 0.25) is 5.91 Å². The number of hydrogen-bond acceptors (Lipinski definition) is 6. The standard InChI is InChI=1S/C26H30FN3O5/c1-2-13-35-22-8-7-21(27)24-25(22)30(16-20(26(24)33)18-3-5-19(31)6-4-18)17-23(32)28-9-10-29-11-14-34-15-12-29/h3-8,16,31H,2,9-15,17H2,1H3,(H,28,32). The van der Waals surface area contributed by atoms with Crippen molar-refractivity contribution < 1.29 is 23.8 Å². The number of halogens is 1. The largest absolute Gasteiger partial charge is 0.508 e. The SMILES string of the molecule is CCCOc1ccc(F)c2c(=O)c(-c3ccc(O)cc3)cn(CC(=O)NCCN3CCOCC3)c12. The summed E-state index contributed by atoms with van der Waals surface area (Å²) in [5.41, 5.74) is 0.476. The maximum absolute atomic E-state index is 15.0. The highest BCUT2D eigenvalue weighted by molar-refractivity contribution is 5.90. The number of aromatic nitrogens is 1. The Balaban J connectivity index is 1.69. The van der Waals surface area contributed by atoms with Crippen LogP contribution in [0.5, 0.6) is 11.5 Å². The molecule has 1 amide bonds. The van der Waals surface area contributed by atoms with E-state index in [-0.39, 0.29) is 34.7 Å². The molecule has 1 aliphatic heterocycles. The second-order valence-electron chi connectivity index (χ2n) is 8.47. The van der Waals surface area contributed by atoms with Gasteiger partial charge in [-0.05, 0) is 36.2 Å². The van der Waals surface area contributed by atoms with E-state index in [0.717, 1.165) is 19.5 Å². The van der Waals surface area contributed by atoms with Crippen LogP contribution in [-0.2, 0) is 16.1 Å². The fraction of sp³-hybridized carbons (Fsp3) is 0.385. The van der Waals surface area contributed by atoms with E-state index in [9.17, 15) is 14.7 Å². The Labute approximate surface area is 202 Å². The summed E-state index contributed by atoms with van der Waals surface area (Å²) in [6, 6.07) is 8.78. The number of fused-ring (bicyclic) bond motifs is 1. The molecule has 0 saturated carbocycles. The molecule has 0 bridgehead atoms. The van der Waals surface area contributed by atoms with Crippen molar-refractivity contribution in [1.82, 2.24) is 14.8 Å². The third-order valence-electron chi connectivity index (χ3n) is 5.94. The van der Waals surface area contributed by atoms with E-state index in [4.69, 9.17) is 9.47 Å². The average Bonchev–Trinajstić information content (AvgIpc) is 2.86. The van der Waals surface area contributed by atoms with E-state index < -0.39 is 11.2 Å². The lowest BCUT2D eigenvalue weighted by atomic mass is 10.0. The predicted octanol–water partition coefficient (Wildman–Crippen LogP) is 2.75. The Hall–Kier alpha value is -3.43. The summed E-state index contributed by atoms with van der Waals surface area (Å²) < 4.78 is 27.7. The van der Waals surface area contributed by atoms with Crippen molar-refractivity contribution in [3.63, 3.8) is 0 Å². The van der Waals surface area contributed by atoms with Crippen LogP contribution in [0.4, 0.5) is 4.39 Å². The molecule has 9 heteroatoms. The number of phenolic OH excluding ortho intramolecular Hbond substituents is 1. The molecule has 0 radical (unpaired) electrons. The van der Waals surface area contributed by atoms with Crippen LogP contribution in [0.1, 0.15) is 13.3 Å². The fourth-order valence-electron chi connectivity index (χ4n) is 4.15. The van der Waals surface area contributed by atoms with Gasteiger partial charge in [0.05, 0.1) is 30.7 Å². The lowest BCUT2D eigenvalue weighted by Gasteiger charge is -2.26. The molecule has 3 aromatic rings. The number of phenols is 1. The molecule has 4 rings (SSSR count). The highest BCUT2D eigenvalue weighted by Gasteiger charge is 2.20. The van der Waals surface area contributed by atoms with Crippen molar-refractivity contribution in [1.29, 1.82) is 0 Å². The first-order chi connectivity index (χ1) is 17.0. The van der Waals surface area contributed by atoms with Gasteiger partial charge in [-0.3, -0.25) is 14.5 Å². The van der Waals surface area contributed by atoms with Gasteiger partial charge < -0.3 is 24.5 Å². The number of aromatic hydroxyl groups is 1. The molecule has 1 fully saturated rings. The number of carbonyl (C=O) groups is 1. The van der Waals surface area contributed by atoms with Gasteiger partial charge in [0, 0.05) is 37.9 Å². The molecule has 0 atom stereocenters. The van der Waals surface area contributed by atoms with E-state index >= 15 is 4.39 Å². The number of amides is 1. The fourth-order valence-corrected chi connectivity index (χ4v) is 4.15. The van der Waals surface area contributed by atoms with Crippen LogP contribution in [0, 0.1) is 5.82 Å². The Morgan fingerprint density at radius 2 is 1.91 bits per heavy atom. The summed E-state index contributed by atoms with van der Waals surface area (Å²) in [4.78, 5) is 28.4. The summed E-state index contributed by atoms with van der Waals surface area (Å²) in [7, 11) is 0. The number of pyridine rings is 1. The first-order valence-electron chi connectivity index (χ1n) is 11.8. The van der Waals surface area contributed by atoms with Gasteiger partial charge in [0.15, 0.2) is 5.43 Å². The predicted molar refractivity (Wildman–Crippen MR) is 131 cm³/mol. The van der Waals surface area contributed by atoms with Crippen LogP contribution < -0.4 is 15.5 Å². The van der Waals surface area contributed by atoms with Gasteiger partial charge in [-0.15, -0.1) is 0 Å². The normalized spacial score (nSPS) is 14.2. The number of rotatable bonds is 9. The smallest absolute Gasteiger partial charge is 0.239 e. The minimum atomic E-state index is -0.684. The summed E-state index contributed by atoms with van der Waals surface area (Å²) in [6.45, 7) is 6.42. The summed E-state index contributed by atoms with van der Waals surface area (Å²) in [6.07, 6.45) is 2.29. The van der Waals surface area contributed by atoms with E-state index in [1.54, 1.807) is 22.9 Å². The molecule has 1 aliphatic rings. The molecular weight excluding hydrogens is 453 g/mol. The molecule has 0 unspecified atom stereocenters. The van der Waals surface area contributed by atoms with Crippen LogP contribution >= 0.6 is 0 Å². The minimum absolute atomic E-state index is 0.0518. The average molecular weight is 484 g/mol. The maximum atomic E-state index is 15.0. The number of benzene rings is 2. The van der Waals surface area contributed by atoms with Crippen LogP contribution in [0.15, 0.2) is 47.4 Å². The first kappa shape index (κ1) is 24.7. The summed E-state index contributed by atoms with van der Waals surface area (Å²) >= 11 is 0. The van der Waals surface area contributed by atoms with E-state index in [1.807, 2.05) is 6.92 Å². The van der Waals surface area contributed by atoms with Crippen molar-refractivity contribution in [2.45, 2.75) is 19.9 Å². The van der Waals surface area contributed by atoms with Gasteiger partial charge in [-0.25, -0.2) is 4.39 Å². The van der Waals surface area contributed by atoms with Crippen molar-refractivity contribution in [3.8, 4) is 22.6 Å². The number of carbonyl (C=O) groups excluding carboxylic acids is 1. The van der Waals surface area contributed by atoms with Gasteiger partial charge in [-0.2, -0.15) is 0 Å². The maximum Gasteiger partial charge on any atom is 0.239 e. The second-order valence-corrected chi connectivity index (χ2v) is 8.47. The minimum Gasteiger partial charge on any atom is -0.508 e. The highest BCUT2D eigenvalue weighted by atomic mass is 19.1. The Bertz CT molecular complexity index is 1240. The Kier molecular flexibility index (Phi) is 7.99. The summed E-state index contributed by atoms with van der Waals surface area (Å²) in [5, 5.41) is 12.4. The zero-order valence-electron chi connectivity index (χ0n) is 19.8. The Morgan fingerprint density at radius 3 is 2.63 bits per heavy atom. The number of nitrogens with one attached hydrogen (secondary N) is 1. The Morgan fingerprint density at radius 1 is 1.17 bits per heavy atom. The van der Waals surface area contributed by atoms with Crippen molar-refractivity contribution in [2.24, 2.45) is 0 Å². The van der Waals surface area contributed by atoms with Crippen LogP contribution in [-0.4, -0.2) is 66.5 Å². The molecule has 186 valence electrons. The number of hydrogen-bond donors (Lipinski definition) is 2. The molecule has 1 saturated heterocycles. The molecule has 0 spiro atoms. The number of nitrogens with zero attached hydrogens (tertiary/aromatic N) is 2. The molecule has 1 aromatic heterocycles. The first-order valence-corrected chi connectivity index (χ1v) is 11.8. The van der Waals surface area contributed by atoms with Crippen LogP contribution in [0.25, 0.3) is 22.0 Å². The lowest BCUT2D eigenvalue weighted by Crippen LogP contribution is -2.41. The quantitative estimate of drug-likeness (QED) is 0.486. The molecular formula is C26H30FN3O5. The molecule has 0 aliphatic carbocycles. The van der Waals surface area contributed by atoms with Crippen molar-refractivity contribution >= 4 is 16.8 Å². The zero-order chi connectivity index (χ0) is 24.8. The molecule has 2 heterocycles. The topological polar surface area (TPSA) is 93.0 Å². The third-order valence-corrected chi connectivity index (χ3v) is 5.94. The van der Waals surface area contributed by atoms with Crippen LogP contribution in [0.2, 0.25) is 0 Å². The van der Waals surface area contributed by atoms with Gasteiger partial charge in [-0.1, -0.05) is 19.1 Å². The van der Waals surface area contributed by atoms with Crippen molar-refractivity contribution in [2.75, 3.05) is 46.0 Å². The highest BCUT2D eigenvalue weighted by Crippen LogP contribution is 2.29. The molecule has 8 nitrogen and oxygen atoms in total. The number of morpholine rings is 1. The van der Waals surface area contributed by atoms with Gasteiger partial charge in [0.25, 0.3) is 0 Å². The van der Waals surface area contributed by atoms with Crippen molar-refractivity contribution in [3.05, 3.63) is 58.6 Å². The van der Waals surface area contributed by atoms with E-state index in [2.05, 4.69) is 10.2 Å². The molecule has 2 N–H and O–H groups in total.